The number of ether oxygens (including phenoxy) is 1. The van der Waals surface area contributed by atoms with Crippen molar-refractivity contribution in [3.8, 4) is 0 Å². The molecular formula is C16H20N2O4S. The number of likely N-dealkylation sites (tertiary alicyclic amines) is 1. The Hall–Kier alpha value is -2.02. The molecule has 0 saturated carbocycles. The molecule has 1 aliphatic rings. The largest absolute Gasteiger partial charge is 0.461 e. The van der Waals surface area contributed by atoms with Gasteiger partial charge in [0.05, 0.1) is 5.25 Å². The molecular weight excluding hydrogens is 316 g/mol. The molecule has 1 atom stereocenters. The zero-order valence-electron chi connectivity index (χ0n) is 13.2. The van der Waals surface area contributed by atoms with Gasteiger partial charge in [0.15, 0.2) is 0 Å². The summed E-state index contributed by atoms with van der Waals surface area (Å²) in [4.78, 5) is 35.8. The van der Waals surface area contributed by atoms with Crippen molar-refractivity contribution in [3.63, 3.8) is 0 Å². The molecule has 1 aromatic rings. The SMILES string of the molecule is CSC1CC(=O)N(CCNc2ccc(COC(C)=O)cc2)C1=O. The van der Waals surface area contributed by atoms with Crippen LogP contribution in [-0.2, 0) is 25.7 Å². The fraction of sp³-hybridized carbons (Fsp3) is 0.438. The number of benzene rings is 1. The number of nitrogens with zero attached hydrogens (tertiary/aromatic N) is 1. The van der Waals surface area contributed by atoms with Gasteiger partial charge < -0.3 is 10.1 Å². The normalized spacial score (nSPS) is 17.5. The summed E-state index contributed by atoms with van der Waals surface area (Å²) in [5, 5.41) is 2.94. The summed E-state index contributed by atoms with van der Waals surface area (Å²) in [5.74, 6) is -0.510. The minimum absolute atomic E-state index is 0.0963. The number of hydrogen-bond donors (Lipinski definition) is 1. The standard InChI is InChI=1S/C16H20N2O4S/c1-11(19)22-10-12-3-5-13(6-4-12)17-7-8-18-15(20)9-14(23-2)16(18)21/h3-6,14,17H,7-10H2,1-2H3. The van der Waals surface area contributed by atoms with Crippen LogP contribution in [0, 0.1) is 0 Å². The van der Waals surface area contributed by atoms with E-state index in [1.807, 2.05) is 30.5 Å². The van der Waals surface area contributed by atoms with E-state index in [1.165, 1.54) is 23.6 Å². The molecule has 0 radical (unpaired) electrons. The Labute approximate surface area is 139 Å². The quantitative estimate of drug-likeness (QED) is 0.603. The summed E-state index contributed by atoms with van der Waals surface area (Å²) >= 11 is 1.42. The molecule has 124 valence electrons. The Kier molecular flexibility index (Phi) is 6.04. The van der Waals surface area contributed by atoms with Gasteiger partial charge >= 0.3 is 5.97 Å². The van der Waals surface area contributed by atoms with Crippen molar-refractivity contribution in [1.29, 1.82) is 0 Å². The van der Waals surface area contributed by atoms with Gasteiger partial charge in [0.25, 0.3) is 0 Å². The predicted octanol–water partition coefficient (Wildman–Crippen LogP) is 1.65. The third-order valence-electron chi connectivity index (χ3n) is 3.55. The van der Waals surface area contributed by atoms with Crippen molar-refractivity contribution in [2.24, 2.45) is 0 Å². The van der Waals surface area contributed by atoms with Crippen LogP contribution < -0.4 is 5.32 Å². The smallest absolute Gasteiger partial charge is 0.302 e. The van der Waals surface area contributed by atoms with Gasteiger partial charge in [0.2, 0.25) is 11.8 Å². The Balaban J connectivity index is 1.79. The topological polar surface area (TPSA) is 75.7 Å². The number of thioether (sulfide) groups is 1. The third kappa shape index (κ3) is 4.72. The van der Waals surface area contributed by atoms with Crippen LogP contribution in [0.25, 0.3) is 0 Å². The Bertz CT molecular complexity index is 588. The van der Waals surface area contributed by atoms with E-state index in [1.54, 1.807) is 0 Å². The minimum Gasteiger partial charge on any atom is -0.461 e. The van der Waals surface area contributed by atoms with Crippen molar-refractivity contribution in [2.45, 2.75) is 25.2 Å². The third-order valence-corrected chi connectivity index (χ3v) is 4.48. The van der Waals surface area contributed by atoms with E-state index < -0.39 is 0 Å². The lowest BCUT2D eigenvalue weighted by atomic mass is 10.2. The molecule has 6 nitrogen and oxygen atoms in total. The summed E-state index contributed by atoms with van der Waals surface area (Å²) in [6.07, 6.45) is 2.14. The molecule has 1 heterocycles. The van der Waals surface area contributed by atoms with E-state index in [9.17, 15) is 14.4 Å². The summed E-state index contributed by atoms with van der Waals surface area (Å²) in [6, 6.07) is 7.47. The number of carbonyl (C=O) groups is 3. The van der Waals surface area contributed by atoms with Crippen LogP contribution in [0.2, 0.25) is 0 Å². The van der Waals surface area contributed by atoms with Crippen LogP contribution in [0.15, 0.2) is 24.3 Å². The molecule has 0 spiro atoms. The Morgan fingerprint density at radius 1 is 1.35 bits per heavy atom. The highest BCUT2D eigenvalue weighted by Gasteiger charge is 2.37. The van der Waals surface area contributed by atoms with Crippen LogP contribution >= 0.6 is 11.8 Å². The van der Waals surface area contributed by atoms with E-state index in [4.69, 9.17) is 4.74 Å². The van der Waals surface area contributed by atoms with Gasteiger partial charge in [-0.1, -0.05) is 12.1 Å². The van der Waals surface area contributed by atoms with Crippen molar-refractivity contribution < 1.29 is 19.1 Å². The zero-order chi connectivity index (χ0) is 16.8. The molecule has 23 heavy (non-hydrogen) atoms. The fourth-order valence-corrected chi connectivity index (χ4v) is 2.93. The first kappa shape index (κ1) is 17.3. The first-order valence-corrected chi connectivity index (χ1v) is 8.63. The number of esters is 1. The van der Waals surface area contributed by atoms with Gasteiger partial charge in [-0.25, -0.2) is 0 Å². The second kappa shape index (κ2) is 8.01. The van der Waals surface area contributed by atoms with E-state index in [-0.39, 0.29) is 29.6 Å². The molecule has 1 N–H and O–H groups in total. The molecule has 0 aromatic heterocycles. The van der Waals surface area contributed by atoms with Gasteiger partial charge in [0.1, 0.15) is 6.61 Å². The average Bonchev–Trinajstić information content (AvgIpc) is 2.81. The van der Waals surface area contributed by atoms with Crippen molar-refractivity contribution in [1.82, 2.24) is 4.90 Å². The molecule has 1 fully saturated rings. The lowest BCUT2D eigenvalue weighted by Gasteiger charge is -2.15. The van der Waals surface area contributed by atoms with Gasteiger partial charge in [-0.05, 0) is 24.0 Å². The van der Waals surface area contributed by atoms with Crippen molar-refractivity contribution in [2.75, 3.05) is 24.7 Å². The van der Waals surface area contributed by atoms with E-state index >= 15 is 0 Å². The van der Waals surface area contributed by atoms with Crippen LogP contribution in [0.4, 0.5) is 5.69 Å². The molecule has 0 aliphatic carbocycles. The molecule has 2 rings (SSSR count). The van der Waals surface area contributed by atoms with E-state index in [0.717, 1.165) is 11.3 Å². The second-order valence-corrected chi connectivity index (χ2v) is 6.26. The van der Waals surface area contributed by atoms with Gasteiger partial charge in [-0.15, -0.1) is 0 Å². The van der Waals surface area contributed by atoms with Crippen molar-refractivity contribution in [3.05, 3.63) is 29.8 Å². The summed E-state index contributed by atoms with van der Waals surface area (Å²) in [7, 11) is 0. The molecule has 1 unspecified atom stereocenters. The van der Waals surface area contributed by atoms with Crippen LogP contribution in [0.1, 0.15) is 18.9 Å². The molecule has 1 saturated heterocycles. The lowest BCUT2D eigenvalue weighted by molar-refractivity contribution is -0.142. The summed E-state index contributed by atoms with van der Waals surface area (Å²) in [6.45, 7) is 2.49. The number of anilines is 1. The van der Waals surface area contributed by atoms with Crippen LogP contribution in [-0.4, -0.2) is 47.3 Å². The number of imide groups is 1. The van der Waals surface area contributed by atoms with E-state index in [2.05, 4.69) is 5.32 Å². The average molecular weight is 336 g/mol. The highest BCUT2D eigenvalue weighted by molar-refractivity contribution is 8.00. The van der Waals surface area contributed by atoms with Gasteiger partial charge in [0, 0.05) is 32.1 Å². The van der Waals surface area contributed by atoms with Crippen LogP contribution in [0.3, 0.4) is 0 Å². The van der Waals surface area contributed by atoms with Crippen LogP contribution in [0.5, 0.6) is 0 Å². The highest BCUT2D eigenvalue weighted by Crippen LogP contribution is 2.22. The summed E-state index contributed by atoms with van der Waals surface area (Å²) < 4.78 is 4.92. The Morgan fingerprint density at radius 2 is 2.04 bits per heavy atom. The molecule has 7 heteroatoms. The number of nitrogens with one attached hydrogen (secondary N) is 1. The number of amides is 2. The predicted molar refractivity (Wildman–Crippen MR) is 89.0 cm³/mol. The number of carbonyl (C=O) groups excluding carboxylic acids is 3. The fourth-order valence-electron chi connectivity index (χ4n) is 2.29. The second-order valence-electron chi connectivity index (χ2n) is 5.22. The molecule has 1 aromatic carbocycles. The maximum Gasteiger partial charge on any atom is 0.302 e. The van der Waals surface area contributed by atoms with Crippen molar-refractivity contribution >= 4 is 35.2 Å². The molecule has 0 bridgehead atoms. The molecule has 2 amide bonds. The zero-order valence-corrected chi connectivity index (χ0v) is 14.0. The van der Waals surface area contributed by atoms with Gasteiger partial charge in [-0.3, -0.25) is 19.3 Å². The minimum atomic E-state index is -0.310. The highest BCUT2D eigenvalue weighted by atomic mass is 32.2. The summed E-state index contributed by atoms with van der Waals surface area (Å²) in [5.41, 5.74) is 1.79. The first-order valence-electron chi connectivity index (χ1n) is 7.34. The number of rotatable bonds is 7. The van der Waals surface area contributed by atoms with E-state index in [0.29, 0.717) is 19.5 Å². The van der Waals surface area contributed by atoms with Gasteiger partial charge in [-0.2, -0.15) is 11.8 Å². The molecule has 1 aliphatic heterocycles. The number of hydrogen-bond acceptors (Lipinski definition) is 6. The first-order chi connectivity index (χ1) is 11.0. The maximum atomic E-state index is 12.0. The lowest BCUT2D eigenvalue weighted by Crippen LogP contribution is -2.35. The monoisotopic (exact) mass is 336 g/mol. The Morgan fingerprint density at radius 3 is 2.61 bits per heavy atom. The maximum absolute atomic E-state index is 12.0.